The highest BCUT2D eigenvalue weighted by Crippen LogP contribution is 2.36. The number of nitrogens with zero attached hydrogens (tertiary/aromatic N) is 6. The van der Waals surface area contributed by atoms with Crippen LogP contribution in [0.4, 0.5) is 5.95 Å². The highest BCUT2D eigenvalue weighted by Gasteiger charge is 2.32. The number of likely N-dealkylation sites (tertiary alicyclic amines) is 1. The third-order valence-corrected chi connectivity index (χ3v) is 5.30. The van der Waals surface area contributed by atoms with E-state index in [1.807, 2.05) is 55.1 Å². The van der Waals surface area contributed by atoms with Crippen molar-refractivity contribution in [2.45, 2.75) is 38.6 Å². The number of hydrogen-bond acceptors (Lipinski definition) is 7. The lowest BCUT2D eigenvalue weighted by Crippen LogP contribution is -2.40. The summed E-state index contributed by atoms with van der Waals surface area (Å²) in [5.41, 5.74) is 3.15. The Hall–Kier alpha value is -3.29. The highest BCUT2D eigenvalue weighted by molar-refractivity contribution is 5.79. The molecule has 0 aliphatic carbocycles. The Morgan fingerprint density at radius 1 is 1.27 bits per heavy atom. The molecule has 1 saturated heterocycles. The van der Waals surface area contributed by atoms with Crippen LogP contribution in [0.3, 0.4) is 0 Å². The quantitative estimate of drug-likeness (QED) is 0.643. The second kappa shape index (κ2) is 8.61. The number of rotatable bonds is 5. The summed E-state index contributed by atoms with van der Waals surface area (Å²) >= 11 is 0. The second-order valence-electron chi connectivity index (χ2n) is 7.79. The molecule has 1 amide bonds. The molecule has 3 aromatic heterocycles. The first kappa shape index (κ1) is 20.0. The maximum atomic E-state index is 13.2. The van der Waals surface area contributed by atoms with Crippen molar-refractivity contribution < 1.29 is 9.32 Å². The Kier molecular flexibility index (Phi) is 5.74. The standard InChI is InChI=1S/C22H26N6O2/c1-15-12-19(30-26-15)17-14-24-22(27(2)3)25-21(17)18-9-5-7-11-28(18)20(29)13-16-8-4-6-10-23-16/h4,6,8,10,12,14,18H,5,7,9,11,13H2,1-3H3/t18-/m1/s1. The van der Waals surface area contributed by atoms with Crippen molar-refractivity contribution in [3.05, 3.63) is 53.7 Å². The summed E-state index contributed by atoms with van der Waals surface area (Å²) in [5.74, 6) is 1.28. The van der Waals surface area contributed by atoms with E-state index < -0.39 is 0 Å². The van der Waals surface area contributed by atoms with E-state index in [2.05, 4.69) is 15.1 Å². The summed E-state index contributed by atoms with van der Waals surface area (Å²) in [5, 5.41) is 4.02. The molecule has 1 atom stereocenters. The SMILES string of the molecule is Cc1cc(-c2cnc(N(C)C)nc2[C@H]2CCCCN2C(=O)Cc2ccccn2)on1. The van der Waals surface area contributed by atoms with Gasteiger partial charge in [0.05, 0.1) is 29.4 Å². The Morgan fingerprint density at radius 3 is 2.83 bits per heavy atom. The molecular formula is C22H26N6O2. The van der Waals surface area contributed by atoms with Gasteiger partial charge in [0.25, 0.3) is 0 Å². The Morgan fingerprint density at radius 2 is 2.13 bits per heavy atom. The van der Waals surface area contributed by atoms with Crippen molar-refractivity contribution in [1.29, 1.82) is 0 Å². The molecule has 0 unspecified atom stereocenters. The molecule has 8 nitrogen and oxygen atoms in total. The number of pyridine rings is 1. The first-order valence-electron chi connectivity index (χ1n) is 10.2. The van der Waals surface area contributed by atoms with Crippen LogP contribution in [0.1, 0.15) is 42.4 Å². The first-order chi connectivity index (χ1) is 14.5. The van der Waals surface area contributed by atoms with E-state index in [4.69, 9.17) is 9.51 Å². The van der Waals surface area contributed by atoms with Crippen molar-refractivity contribution in [2.24, 2.45) is 0 Å². The maximum Gasteiger partial charge on any atom is 0.229 e. The molecule has 0 N–H and O–H groups in total. The fraction of sp³-hybridized carbons (Fsp3) is 0.409. The smallest absolute Gasteiger partial charge is 0.229 e. The summed E-state index contributed by atoms with van der Waals surface area (Å²) in [6.07, 6.45) is 6.63. The first-order valence-corrected chi connectivity index (χ1v) is 10.2. The van der Waals surface area contributed by atoms with E-state index in [0.717, 1.165) is 41.9 Å². The van der Waals surface area contributed by atoms with Gasteiger partial charge in [-0.3, -0.25) is 9.78 Å². The zero-order chi connectivity index (χ0) is 21.1. The number of carbonyl (C=O) groups excluding carboxylic acids is 1. The summed E-state index contributed by atoms with van der Waals surface area (Å²) in [4.78, 5) is 30.6. The summed E-state index contributed by atoms with van der Waals surface area (Å²) in [6, 6.07) is 7.38. The molecule has 3 aromatic rings. The predicted octanol–water partition coefficient (Wildman–Crippen LogP) is 3.20. The van der Waals surface area contributed by atoms with Crippen LogP contribution >= 0.6 is 0 Å². The van der Waals surface area contributed by atoms with E-state index in [1.54, 1.807) is 12.4 Å². The number of piperidine rings is 1. The molecule has 4 heterocycles. The van der Waals surface area contributed by atoms with Gasteiger partial charge in [-0.2, -0.15) is 0 Å². The van der Waals surface area contributed by atoms with E-state index in [-0.39, 0.29) is 18.4 Å². The van der Waals surface area contributed by atoms with Crippen LogP contribution in [-0.2, 0) is 11.2 Å². The van der Waals surface area contributed by atoms with Crippen LogP contribution in [0.2, 0.25) is 0 Å². The average molecular weight is 406 g/mol. The lowest BCUT2D eigenvalue weighted by Gasteiger charge is -2.36. The molecule has 1 fully saturated rings. The molecule has 156 valence electrons. The van der Waals surface area contributed by atoms with E-state index >= 15 is 0 Å². The van der Waals surface area contributed by atoms with Crippen molar-refractivity contribution in [3.63, 3.8) is 0 Å². The van der Waals surface area contributed by atoms with Crippen molar-refractivity contribution in [2.75, 3.05) is 25.5 Å². The molecule has 0 saturated carbocycles. The fourth-order valence-electron chi connectivity index (χ4n) is 3.81. The minimum absolute atomic E-state index is 0.0584. The second-order valence-corrected chi connectivity index (χ2v) is 7.79. The van der Waals surface area contributed by atoms with Gasteiger partial charge in [0.15, 0.2) is 5.76 Å². The lowest BCUT2D eigenvalue weighted by atomic mass is 9.95. The van der Waals surface area contributed by atoms with Gasteiger partial charge in [0, 0.05) is 44.8 Å². The minimum Gasteiger partial charge on any atom is -0.356 e. The van der Waals surface area contributed by atoms with Gasteiger partial charge < -0.3 is 14.3 Å². The average Bonchev–Trinajstić information content (AvgIpc) is 3.20. The fourth-order valence-corrected chi connectivity index (χ4v) is 3.81. The Balaban J connectivity index is 1.72. The van der Waals surface area contributed by atoms with Crippen LogP contribution in [-0.4, -0.2) is 51.6 Å². The topological polar surface area (TPSA) is 88.3 Å². The number of hydrogen-bond donors (Lipinski definition) is 0. The summed E-state index contributed by atoms with van der Waals surface area (Å²) in [7, 11) is 3.81. The van der Waals surface area contributed by atoms with E-state index in [0.29, 0.717) is 18.3 Å². The number of anilines is 1. The number of amides is 1. The van der Waals surface area contributed by atoms with Crippen molar-refractivity contribution in [1.82, 2.24) is 25.0 Å². The van der Waals surface area contributed by atoms with Gasteiger partial charge in [-0.25, -0.2) is 9.97 Å². The number of aryl methyl sites for hydroxylation is 1. The van der Waals surface area contributed by atoms with Gasteiger partial charge in [-0.05, 0) is 38.3 Å². The maximum absolute atomic E-state index is 13.2. The van der Waals surface area contributed by atoms with Crippen LogP contribution in [0, 0.1) is 6.92 Å². The zero-order valence-corrected chi connectivity index (χ0v) is 17.6. The van der Waals surface area contributed by atoms with Crippen LogP contribution in [0.25, 0.3) is 11.3 Å². The minimum atomic E-state index is -0.142. The highest BCUT2D eigenvalue weighted by atomic mass is 16.5. The molecule has 4 rings (SSSR count). The number of carbonyl (C=O) groups is 1. The zero-order valence-electron chi connectivity index (χ0n) is 17.6. The Labute approximate surface area is 175 Å². The van der Waals surface area contributed by atoms with Crippen molar-refractivity contribution >= 4 is 11.9 Å². The largest absolute Gasteiger partial charge is 0.356 e. The molecule has 8 heteroatoms. The van der Waals surface area contributed by atoms with Gasteiger partial charge in [-0.15, -0.1) is 0 Å². The Bertz CT molecular complexity index is 1020. The molecule has 1 aliphatic heterocycles. The van der Waals surface area contributed by atoms with Gasteiger partial charge >= 0.3 is 0 Å². The van der Waals surface area contributed by atoms with E-state index in [1.165, 1.54) is 0 Å². The predicted molar refractivity (Wildman–Crippen MR) is 113 cm³/mol. The van der Waals surface area contributed by atoms with Crippen LogP contribution in [0.15, 0.2) is 41.2 Å². The lowest BCUT2D eigenvalue weighted by molar-refractivity contribution is -0.134. The molecule has 0 spiro atoms. The summed E-state index contributed by atoms with van der Waals surface area (Å²) in [6.45, 7) is 2.58. The molecule has 1 aliphatic rings. The molecular weight excluding hydrogens is 380 g/mol. The molecule has 0 aromatic carbocycles. The monoisotopic (exact) mass is 406 g/mol. The molecule has 0 bridgehead atoms. The third-order valence-electron chi connectivity index (χ3n) is 5.30. The molecule has 0 radical (unpaired) electrons. The summed E-state index contributed by atoms with van der Waals surface area (Å²) < 4.78 is 5.52. The third kappa shape index (κ3) is 4.17. The van der Waals surface area contributed by atoms with Gasteiger partial charge in [0.2, 0.25) is 11.9 Å². The van der Waals surface area contributed by atoms with E-state index in [9.17, 15) is 4.79 Å². The van der Waals surface area contributed by atoms with Gasteiger partial charge in [-0.1, -0.05) is 11.2 Å². The molecule has 30 heavy (non-hydrogen) atoms. The number of aromatic nitrogens is 4. The van der Waals surface area contributed by atoms with Crippen LogP contribution in [0.5, 0.6) is 0 Å². The van der Waals surface area contributed by atoms with Crippen molar-refractivity contribution in [3.8, 4) is 11.3 Å². The normalized spacial score (nSPS) is 16.5. The van der Waals surface area contributed by atoms with Crippen LogP contribution < -0.4 is 4.90 Å². The van der Waals surface area contributed by atoms with Gasteiger partial charge in [0.1, 0.15) is 0 Å².